The minimum atomic E-state index is -3.26. The summed E-state index contributed by atoms with van der Waals surface area (Å²) in [6, 6.07) is 8.54. The first-order valence-corrected chi connectivity index (χ1v) is 11.7. The number of imide groups is 1. The lowest BCUT2D eigenvalue weighted by molar-refractivity contribution is -0.116. The molecule has 0 N–H and O–H groups in total. The molecule has 2 aliphatic heterocycles. The van der Waals surface area contributed by atoms with Crippen molar-refractivity contribution in [1.82, 2.24) is 9.21 Å². The number of piperidine rings is 1. The fourth-order valence-corrected chi connectivity index (χ4v) is 6.69. The van der Waals surface area contributed by atoms with E-state index >= 15 is 0 Å². The van der Waals surface area contributed by atoms with E-state index in [2.05, 4.69) is 0 Å². The van der Waals surface area contributed by atoms with E-state index < -0.39 is 10.0 Å². The van der Waals surface area contributed by atoms with Crippen LogP contribution in [0.4, 0.5) is 10.5 Å². The molecule has 4 rings (SSSR count). The van der Waals surface area contributed by atoms with Gasteiger partial charge in [-0.05, 0) is 37.8 Å². The Kier molecular flexibility index (Phi) is 5.42. The number of rotatable bonds is 4. The number of hydrogen-bond acceptors (Lipinski definition) is 4. The van der Waals surface area contributed by atoms with E-state index in [4.69, 9.17) is 0 Å². The van der Waals surface area contributed by atoms with Crippen LogP contribution >= 0.6 is 0 Å². The second-order valence-corrected chi connectivity index (χ2v) is 10.1. The third kappa shape index (κ3) is 3.55. The maximum atomic E-state index is 12.9. The van der Waals surface area contributed by atoms with Crippen LogP contribution in [-0.4, -0.2) is 60.5 Å². The topological polar surface area (TPSA) is 78.0 Å². The van der Waals surface area contributed by atoms with Gasteiger partial charge in [-0.3, -0.25) is 4.79 Å². The predicted molar refractivity (Wildman–Crippen MR) is 106 cm³/mol. The van der Waals surface area contributed by atoms with Crippen molar-refractivity contribution in [3.63, 3.8) is 0 Å². The number of sulfonamides is 1. The molecular weight excluding hydrogens is 378 g/mol. The van der Waals surface area contributed by atoms with Crippen LogP contribution in [0.25, 0.3) is 0 Å². The fraction of sp³-hybridized carbons (Fsp3) is 0.600. The summed E-state index contributed by atoms with van der Waals surface area (Å²) in [4.78, 5) is 28.1. The molecule has 8 heteroatoms. The highest BCUT2D eigenvalue weighted by Crippen LogP contribution is 2.30. The standard InChI is InChI=1S/C20H27N3O4S/c24-19-15-22(20(25)23(19)17-7-3-1-4-8-17)16-11-13-21(14-12-16)28(26,27)18-9-5-2-6-10-18/h1,3-4,7-8,16,18H,2,5-6,9-15H2. The number of anilines is 1. The molecule has 0 unspecified atom stereocenters. The molecule has 1 aromatic carbocycles. The maximum Gasteiger partial charge on any atom is 0.332 e. The van der Waals surface area contributed by atoms with Crippen molar-refractivity contribution in [2.75, 3.05) is 24.5 Å². The van der Waals surface area contributed by atoms with Gasteiger partial charge in [-0.15, -0.1) is 0 Å². The molecule has 3 aliphatic rings. The average Bonchev–Trinajstić information content (AvgIpc) is 3.03. The summed E-state index contributed by atoms with van der Waals surface area (Å²) in [5, 5.41) is -0.249. The van der Waals surface area contributed by atoms with Crippen molar-refractivity contribution in [2.45, 2.75) is 56.2 Å². The highest BCUT2D eigenvalue weighted by Gasteiger charge is 2.43. The van der Waals surface area contributed by atoms with E-state index in [1.165, 1.54) is 4.90 Å². The molecule has 0 bridgehead atoms. The highest BCUT2D eigenvalue weighted by molar-refractivity contribution is 7.89. The van der Waals surface area contributed by atoms with Gasteiger partial charge in [-0.2, -0.15) is 0 Å². The first-order valence-electron chi connectivity index (χ1n) is 10.2. The van der Waals surface area contributed by atoms with E-state index in [0.29, 0.717) is 31.6 Å². The van der Waals surface area contributed by atoms with Gasteiger partial charge in [0.25, 0.3) is 5.91 Å². The van der Waals surface area contributed by atoms with Crippen LogP contribution < -0.4 is 4.90 Å². The normalized spacial score (nSPS) is 23.6. The van der Waals surface area contributed by atoms with Crippen LogP contribution in [0.1, 0.15) is 44.9 Å². The number of hydrogen-bond donors (Lipinski definition) is 0. The van der Waals surface area contributed by atoms with Gasteiger partial charge in [-0.25, -0.2) is 22.4 Å². The highest BCUT2D eigenvalue weighted by atomic mass is 32.2. The maximum absolute atomic E-state index is 12.9. The van der Waals surface area contributed by atoms with Gasteiger partial charge in [0.05, 0.1) is 10.9 Å². The Morgan fingerprint density at radius 2 is 1.50 bits per heavy atom. The third-order valence-electron chi connectivity index (χ3n) is 6.20. The Hall–Kier alpha value is -1.93. The van der Waals surface area contributed by atoms with Crippen LogP contribution in [0.5, 0.6) is 0 Å². The van der Waals surface area contributed by atoms with Crippen molar-refractivity contribution >= 4 is 27.6 Å². The Balaban J connectivity index is 1.40. The van der Waals surface area contributed by atoms with Gasteiger partial charge >= 0.3 is 6.03 Å². The molecule has 152 valence electrons. The fourth-order valence-electron chi connectivity index (χ4n) is 4.62. The molecule has 3 fully saturated rings. The Labute approximate surface area is 166 Å². The van der Waals surface area contributed by atoms with Gasteiger partial charge < -0.3 is 4.90 Å². The molecule has 1 aliphatic carbocycles. The van der Waals surface area contributed by atoms with Gasteiger partial charge in [0.2, 0.25) is 10.0 Å². The van der Waals surface area contributed by atoms with Crippen molar-refractivity contribution < 1.29 is 18.0 Å². The molecule has 0 atom stereocenters. The quantitative estimate of drug-likeness (QED) is 0.722. The number of para-hydroxylation sites is 1. The lowest BCUT2D eigenvalue weighted by Crippen LogP contribution is -2.50. The Morgan fingerprint density at radius 3 is 2.14 bits per heavy atom. The van der Waals surface area contributed by atoms with Gasteiger partial charge in [-0.1, -0.05) is 37.5 Å². The van der Waals surface area contributed by atoms with Crippen LogP contribution in [0, 0.1) is 0 Å². The summed E-state index contributed by atoms with van der Waals surface area (Å²) in [7, 11) is -3.26. The molecule has 0 radical (unpaired) electrons. The molecule has 2 saturated heterocycles. The van der Waals surface area contributed by atoms with E-state index in [1.54, 1.807) is 33.5 Å². The molecule has 1 aromatic rings. The van der Waals surface area contributed by atoms with Crippen molar-refractivity contribution in [3.8, 4) is 0 Å². The average molecular weight is 406 g/mol. The van der Waals surface area contributed by atoms with E-state index in [1.807, 2.05) is 6.07 Å². The number of amides is 3. The lowest BCUT2D eigenvalue weighted by Gasteiger charge is -2.37. The zero-order valence-electron chi connectivity index (χ0n) is 16.0. The summed E-state index contributed by atoms with van der Waals surface area (Å²) in [6.07, 6.45) is 5.76. The second kappa shape index (κ2) is 7.83. The van der Waals surface area contributed by atoms with E-state index in [9.17, 15) is 18.0 Å². The molecular formula is C20H27N3O4S. The summed E-state index contributed by atoms with van der Waals surface area (Å²) in [5.74, 6) is -0.228. The van der Waals surface area contributed by atoms with Crippen molar-refractivity contribution in [2.24, 2.45) is 0 Å². The zero-order valence-corrected chi connectivity index (χ0v) is 16.8. The monoisotopic (exact) mass is 405 g/mol. The lowest BCUT2D eigenvalue weighted by atomic mass is 10.0. The number of benzene rings is 1. The minimum Gasteiger partial charge on any atom is -0.312 e. The predicted octanol–water partition coefficient (Wildman–Crippen LogP) is 2.58. The molecule has 1 saturated carbocycles. The molecule has 0 aromatic heterocycles. The molecule has 0 spiro atoms. The first kappa shape index (κ1) is 19.4. The third-order valence-corrected chi connectivity index (χ3v) is 8.60. The van der Waals surface area contributed by atoms with Crippen molar-refractivity contribution in [1.29, 1.82) is 0 Å². The Bertz CT molecular complexity index is 828. The van der Waals surface area contributed by atoms with Crippen LogP contribution in [-0.2, 0) is 14.8 Å². The largest absolute Gasteiger partial charge is 0.332 e. The van der Waals surface area contributed by atoms with Gasteiger partial charge in [0.1, 0.15) is 6.54 Å². The van der Waals surface area contributed by atoms with Crippen LogP contribution in [0.15, 0.2) is 30.3 Å². The summed E-state index contributed by atoms with van der Waals surface area (Å²) < 4.78 is 27.4. The second-order valence-electron chi connectivity index (χ2n) is 7.91. The smallest absolute Gasteiger partial charge is 0.312 e. The summed E-state index contributed by atoms with van der Waals surface area (Å²) >= 11 is 0. The molecule has 28 heavy (non-hydrogen) atoms. The molecule has 7 nitrogen and oxygen atoms in total. The Morgan fingerprint density at radius 1 is 0.857 bits per heavy atom. The van der Waals surface area contributed by atoms with Gasteiger partial charge in [0.15, 0.2) is 0 Å². The summed E-state index contributed by atoms with van der Waals surface area (Å²) in [6.45, 7) is 0.910. The van der Waals surface area contributed by atoms with Crippen LogP contribution in [0.3, 0.4) is 0 Å². The number of carbonyl (C=O) groups excluding carboxylic acids is 2. The van der Waals surface area contributed by atoms with Gasteiger partial charge in [0, 0.05) is 19.1 Å². The molecule has 3 amide bonds. The minimum absolute atomic E-state index is 0.0633. The first-order chi connectivity index (χ1) is 13.5. The van der Waals surface area contributed by atoms with E-state index in [-0.39, 0.29) is 29.8 Å². The van der Waals surface area contributed by atoms with Crippen molar-refractivity contribution in [3.05, 3.63) is 30.3 Å². The summed E-state index contributed by atoms with van der Waals surface area (Å²) in [5.41, 5.74) is 0.581. The number of nitrogens with zero attached hydrogens (tertiary/aromatic N) is 3. The SMILES string of the molecule is O=C1CN(C2CCN(S(=O)(=O)C3CCCCC3)CC2)C(=O)N1c1ccccc1. The molecule has 2 heterocycles. The number of urea groups is 1. The number of carbonyl (C=O) groups is 2. The zero-order chi connectivity index (χ0) is 19.7. The van der Waals surface area contributed by atoms with Crippen LogP contribution in [0.2, 0.25) is 0 Å². The van der Waals surface area contributed by atoms with E-state index in [0.717, 1.165) is 32.1 Å².